The van der Waals surface area contributed by atoms with Gasteiger partial charge in [0.2, 0.25) is 0 Å². The number of esters is 1. The van der Waals surface area contributed by atoms with Crippen molar-refractivity contribution in [3.63, 3.8) is 0 Å². The highest BCUT2D eigenvalue weighted by atomic mass is 16.6. The van der Waals surface area contributed by atoms with Gasteiger partial charge in [-0.1, -0.05) is 12.1 Å². The van der Waals surface area contributed by atoms with E-state index in [0.29, 0.717) is 34.1 Å². The van der Waals surface area contributed by atoms with Crippen LogP contribution in [-0.2, 0) is 4.74 Å². The smallest absolute Gasteiger partial charge is 0.340 e. The second-order valence-corrected chi connectivity index (χ2v) is 11.2. The van der Waals surface area contributed by atoms with E-state index < -0.39 is 11.6 Å². The quantitative estimate of drug-likeness (QED) is 0.303. The monoisotopic (exact) mass is 510 g/mol. The highest BCUT2D eigenvalue weighted by Crippen LogP contribution is 2.39. The van der Waals surface area contributed by atoms with Crippen LogP contribution in [0.25, 0.3) is 16.9 Å². The van der Waals surface area contributed by atoms with Crippen molar-refractivity contribution in [3.05, 3.63) is 93.2 Å². The highest BCUT2D eigenvalue weighted by molar-refractivity contribution is 5.96. The number of anilines is 1. The Morgan fingerprint density at radius 2 is 1.87 bits per heavy atom. The Labute approximate surface area is 222 Å². The number of aryl methyl sites for hydroxylation is 1. The van der Waals surface area contributed by atoms with Crippen LogP contribution in [0, 0.1) is 13.8 Å². The van der Waals surface area contributed by atoms with Crippen LogP contribution < -0.4 is 10.9 Å². The molecule has 3 heterocycles. The molecule has 0 amide bonds. The van der Waals surface area contributed by atoms with Crippen LogP contribution in [-0.4, -0.2) is 25.9 Å². The molecule has 0 bridgehead atoms. The van der Waals surface area contributed by atoms with Crippen molar-refractivity contribution < 1.29 is 9.53 Å². The van der Waals surface area contributed by atoms with Crippen molar-refractivity contribution in [3.8, 4) is 11.3 Å². The third-order valence-electron chi connectivity index (χ3n) is 6.75. The Morgan fingerprint density at radius 3 is 2.53 bits per heavy atom. The van der Waals surface area contributed by atoms with Gasteiger partial charge in [-0.3, -0.25) is 14.2 Å². The molecule has 196 valence electrons. The molecule has 0 radical (unpaired) electrons. The normalized spacial score (nSPS) is 14.4. The lowest BCUT2D eigenvalue weighted by Crippen LogP contribution is -2.25. The molecule has 3 aromatic heterocycles. The van der Waals surface area contributed by atoms with Gasteiger partial charge in [-0.2, -0.15) is 0 Å². The van der Waals surface area contributed by atoms with Gasteiger partial charge in [0.25, 0.3) is 5.56 Å². The number of aromatic nitrogens is 3. The van der Waals surface area contributed by atoms with Crippen molar-refractivity contribution in [2.75, 3.05) is 5.32 Å². The zero-order valence-electron chi connectivity index (χ0n) is 22.8. The molecule has 7 heteroatoms. The van der Waals surface area contributed by atoms with Crippen LogP contribution in [0.2, 0.25) is 0 Å². The molecule has 0 aliphatic heterocycles. The zero-order chi connectivity index (χ0) is 27.2. The minimum atomic E-state index is -0.604. The third kappa shape index (κ3) is 5.19. The van der Waals surface area contributed by atoms with Crippen LogP contribution in [0.1, 0.15) is 85.2 Å². The number of nitrogens with zero attached hydrogens (tertiary/aromatic N) is 3. The fourth-order valence-corrected chi connectivity index (χ4v) is 4.69. The van der Waals surface area contributed by atoms with Gasteiger partial charge in [-0.15, -0.1) is 0 Å². The number of hydrogen-bond donors (Lipinski definition) is 1. The van der Waals surface area contributed by atoms with Gasteiger partial charge in [-0.05, 0) is 90.3 Å². The summed E-state index contributed by atoms with van der Waals surface area (Å²) in [6, 6.07) is 13.1. The number of pyridine rings is 2. The van der Waals surface area contributed by atoms with E-state index in [9.17, 15) is 9.59 Å². The molecular weight excluding hydrogens is 476 g/mol. The minimum absolute atomic E-state index is 0.109. The predicted molar refractivity (Wildman–Crippen MR) is 150 cm³/mol. The summed E-state index contributed by atoms with van der Waals surface area (Å²) in [6.07, 6.45) is 6.02. The van der Waals surface area contributed by atoms with Crippen LogP contribution in [0.15, 0.2) is 59.7 Å². The molecule has 0 saturated heterocycles. The minimum Gasteiger partial charge on any atom is -0.456 e. The average molecular weight is 511 g/mol. The molecule has 38 heavy (non-hydrogen) atoms. The maximum atomic E-state index is 13.5. The molecule has 1 saturated carbocycles. The molecule has 1 N–H and O–H groups in total. The molecule has 0 spiro atoms. The average Bonchev–Trinajstić information content (AvgIpc) is 3.71. The first kappa shape index (κ1) is 25.6. The molecule has 1 fully saturated rings. The number of benzene rings is 1. The van der Waals surface area contributed by atoms with Crippen LogP contribution in [0.3, 0.4) is 0 Å². The molecule has 1 aliphatic carbocycles. The SMILES string of the molecule is Cc1cc([C@@H](C)Nc2ccccc2C(=O)OC(C)(C)C)c2nc(-c3ccc(C4CC4)nc3)c(C)c(=O)n2c1. The van der Waals surface area contributed by atoms with E-state index in [1.807, 2.05) is 90.3 Å². The van der Waals surface area contributed by atoms with E-state index in [0.717, 1.165) is 22.4 Å². The fraction of sp³-hybridized carbons (Fsp3) is 0.355. The van der Waals surface area contributed by atoms with E-state index in [-0.39, 0.29) is 11.6 Å². The number of nitrogens with one attached hydrogen (secondary N) is 1. The lowest BCUT2D eigenvalue weighted by Gasteiger charge is -2.23. The zero-order valence-corrected chi connectivity index (χ0v) is 22.8. The van der Waals surface area contributed by atoms with Gasteiger partial charge < -0.3 is 10.1 Å². The van der Waals surface area contributed by atoms with Gasteiger partial charge in [0.1, 0.15) is 11.2 Å². The lowest BCUT2D eigenvalue weighted by molar-refractivity contribution is 0.00706. The molecule has 7 nitrogen and oxygen atoms in total. The van der Waals surface area contributed by atoms with Crippen molar-refractivity contribution in [2.45, 2.75) is 71.9 Å². The summed E-state index contributed by atoms with van der Waals surface area (Å²) in [5.41, 5.74) is 5.90. The Balaban J connectivity index is 1.56. The first-order valence-electron chi connectivity index (χ1n) is 13.1. The number of carbonyl (C=O) groups excluding carboxylic acids is 1. The number of ether oxygens (including phenoxy) is 1. The Morgan fingerprint density at radius 1 is 1.13 bits per heavy atom. The Bertz CT molecular complexity index is 1580. The largest absolute Gasteiger partial charge is 0.456 e. The first-order valence-corrected chi connectivity index (χ1v) is 13.1. The summed E-state index contributed by atoms with van der Waals surface area (Å²) in [7, 11) is 0. The van der Waals surface area contributed by atoms with E-state index in [1.165, 1.54) is 12.8 Å². The van der Waals surface area contributed by atoms with Gasteiger partial charge in [0.15, 0.2) is 0 Å². The highest BCUT2D eigenvalue weighted by Gasteiger charge is 2.25. The van der Waals surface area contributed by atoms with Crippen LogP contribution >= 0.6 is 0 Å². The van der Waals surface area contributed by atoms with Crippen LogP contribution in [0.5, 0.6) is 0 Å². The van der Waals surface area contributed by atoms with Crippen LogP contribution in [0.4, 0.5) is 5.69 Å². The second kappa shape index (κ2) is 9.71. The second-order valence-electron chi connectivity index (χ2n) is 11.2. The van der Waals surface area contributed by atoms with Crippen molar-refractivity contribution >= 4 is 17.3 Å². The standard InChI is InChI=1S/C31H34N4O3/c1-18-15-24(20(3)33-26-10-8-7-9-23(26)30(37)38-31(4,5)6)28-34-27(19(2)29(36)35(28)17-18)22-13-14-25(32-16-22)21-11-12-21/h7-10,13-17,20-21,33H,11-12H2,1-6H3/t20-/m1/s1. The molecular formula is C31H34N4O3. The number of hydrogen-bond acceptors (Lipinski definition) is 6. The summed E-state index contributed by atoms with van der Waals surface area (Å²) in [5.74, 6) is 0.168. The fourth-order valence-electron chi connectivity index (χ4n) is 4.69. The summed E-state index contributed by atoms with van der Waals surface area (Å²) in [5, 5.41) is 3.46. The van der Waals surface area contributed by atoms with Gasteiger partial charge in [0.05, 0.1) is 17.3 Å². The van der Waals surface area contributed by atoms with E-state index >= 15 is 0 Å². The molecule has 1 aromatic carbocycles. The lowest BCUT2D eigenvalue weighted by atomic mass is 10.0. The maximum Gasteiger partial charge on any atom is 0.340 e. The first-order chi connectivity index (χ1) is 18.0. The maximum absolute atomic E-state index is 13.5. The molecule has 1 aliphatic rings. The van der Waals surface area contributed by atoms with Crippen molar-refractivity contribution in [1.29, 1.82) is 0 Å². The summed E-state index contributed by atoms with van der Waals surface area (Å²) in [6.45, 7) is 11.3. The summed E-state index contributed by atoms with van der Waals surface area (Å²) in [4.78, 5) is 36.0. The number of fused-ring (bicyclic) bond motifs is 1. The predicted octanol–water partition coefficient (Wildman–Crippen LogP) is 6.38. The summed E-state index contributed by atoms with van der Waals surface area (Å²) >= 11 is 0. The molecule has 0 unspecified atom stereocenters. The van der Waals surface area contributed by atoms with Gasteiger partial charge in [-0.25, -0.2) is 9.78 Å². The molecule has 1 atom stereocenters. The third-order valence-corrected chi connectivity index (χ3v) is 6.75. The van der Waals surface area contributed by atoms with Gasteiger partial charge in [0, 0.05) is 46.4 Å². The molecule has 4 aromatic rings. The molecule has 5 rings (SSSR count). The van der Waals surface area contributed by atoms with E-state index in [1.54, 1.807) is 10.5 Å². The Kier molecular flexibility index (Phi) is 6.55. The summed E-state index contributed by atoms with van der Waals surface area (Å²) < 4.78 is 7.24. The number of carbonyl (C=O) groups is 1. The number of para-hydroxylation sites is 1. The van der Waals surface area contributed by atoms with Crippen molar-refractivity contribution in [1.82, 2.24) is 14.4 Å². The topological polar surface area (TPSA) is 85.6 Å². The number of rotatable bonds is 6. The van der Waals surface area contributed by atoms with Crippen molar-refractivity contribution in [2.24, 2.45) is 0 Å². The van der Waals surface area contributed by atoms with Gasteiger partial charge >= 0.3 is 5.97 Å². The Hall–Kier alpha value is -4.00. The van der Waals surface area contributed by atoms with E-state index in [4.69, 9.17) is 9.72 Å². The van der Waals surface area contributed by atoms with E-state index in [2.05, 4.69) is 10.3 Å².